The van der Waals surface area contributed by atoms with Crippen molar-refractivity contribution in [1.82, 2.24) is 4.31 Å². The van der Waals surface area contributed by atoms with Gasteiger partial charge in [0.1, 0.15) is 5.75 Å². The Morgan fingerprint density at radius 2 is 1.64 bits per heavy atom. The second kappa shape index (κ2) is 7.76. The van der Waals surface area contributed by atoms with Gasteiger partial charge in [-0.25, -0.2) is 8.42 Å². The van der Waals surface area contributed by atoms with Gasteiger partial charge < -0.3 is 9.64 Å². The van der Waals surface area contributed by atoms with E-state index >= 15 is 0 Å². The van der Waals surface area contributed by atoms with Gasteiger partial charge in [0.15, 0.2) is 0 Å². The predicted molar refractivity (Wildman–Crippen MR) is 103 cm³/mol. The van der Waals surface area contributed by atoms with E-state index in [1.54, 1.807) is 28.6 Å². The van der Waals surface area contributed by atoms with E-state index in [2.05, 4.69) is 20.8 Å². The fourth-order valence-corrected chi connectivity index (χ4v) is 4.61. The van der Waals surface area contributed by atoms with Crippen LogP contribution in [0.5, 0.6) is 5.75 Å². The lowest BCUT2D eigenvalue weighted by molar-refractivity contribution is 0.337. The van der Waals surface area contributed by atoms with E-state index in [1.165, 1.54) is 0 Å². The lowest BCUT2D eigenvalue weighted by atomic mass is 10.2. The Morgan fingerprint density at radius 3 is 2.28 bits per heavy atom. The highest BCUT2D eigenvalue weighted by atomic mass is 79.9. The number of hydrogen-bond acceptors (Lipinski definition) is 4. The average Bonchev–Trinajstić information content (AvgIpc) is 2.63. The molecule has 3 rings (SSSR count). The van der Waals surface area contributed by atoms with Crippen molar-refractivity contribution in [3.63, 3.8) is 0 Å². The summed E-state index contributed by atoms with van der Waals surface area (Å²) in [6.45, 7) is 4.76. The fraction of sp³-hybridized carbons (Fsp3) is 0.333. The molecule has 5 nitrogen and oxygen atoms in total. The van der Waals surface area contributed by atoms with Crippen LogP contribution < -0.4 is 9.64 Å². The third-order valence-electron chi connectivity index (χ3n) is 4.20. The zero-order valence-corrected chi connectivity index (χ0v) is 16.5. The van der Waals surface area contributed by atoms with E-state index in [0.717, 1.165) is 15.9 Å². The van der Waals surface area contributed by atoms with Gasteiger partial charge in [-0.3, -0.25) is 0 Å². The third-order valence-corrected chi connectivity index (χ3v) is 6.64. The van der Waals surface area contributed by atoms with E-state index < -0.39 is 10.0 Å². The summed E-state index contributed by atoms with van der Waals surface area (Å²) in [6, 6.07) is 14.7. The van der Waals surface area contributed by atoms with Crippen LogP contribution in [0.3, 0.4) is 0 Å². The number of anilines is 1. The molecule has 7 heteroatoms. The molecule has 0 saturated carbocycles. The van der Waals surface area contributed by atoms with E-state index in [4.69, 9.17) is 4.74 Å². The molecule has 0 radical (unpaired) electrons. The SMILES string of the molecule is CCOc1ccccc1N1CCN(S(=O)(=O)c2ccc(Br)cc2)CC1. The molecule has 134 valence electrons. The lowest BCUT2D eigenvalue weighted by Gasteiger charge is -2.36. The van der Waals surface area contributed by atoms with Crippen LogP contribution in [-0.2, 0) is 10.0 Å². The standard InChI is InChI=1S/C18H21BrN2O3S/c1-2-24-18-6-4-3-5-17(18)20-11-13-21(14-12-20)25(22,23)16-9-7-15(19)8-10-16/h3-10H,2,11-14H2,1H3. The Labute approximate surface area is 157 Å². The maximum atomic E-state index is 12.8. The van der Waals surface area contributed by atoms with Crippen molar-refractivity contribution in [3.05, 3.63) is 53.0 Å². The Morgan fingerprint density at radius 1 is 1.00 bits per heavy atom. The second-order valence-electron chi connectivity index (χ2n) is 5.75. The van der Waals surface area contributed by atoms with Gasteiger partial charge in [0.05, 0.1) is 17.2 Å². The molecule has 1 aliphatic rings. The van der Waals surface area contributed by atoms with Crippen LogP contribution in [0, 0.1) is 0 Å². The summed E-state index contributed by atoms with van der Waals surface area (Å²) in [5.41, 5.74) is 1.02. The lowest BCUT2D eigenvalue weighted by Crippen LogP contribution is -2.48. The Hall–Kier alpha value is -1.57. The number of ether oxygens (including phenoxy) is 1. The van der Waals surface area contributed by atoms with Gasteiger partial charge in [-0.2, -0.15) is 4.31 Å². The first-order valence-electron chi connectivity index (χ1n) is 8.25. The summed E-state index contributed by atoms with van der Waals surface area (Å²) in [5.74, 6) is 0.842. The molecule has 2 aromatic rings. The predicted octanol–water partition coefficient (Wildman–Crippen LogP) is 3.36. The van der Waals surface area contributed by atoms with Crippen molar-refractivity contribution in [3.8, 4) is 5.75 Å². The topological polar surface area (TPSA) is 49.9 Å². The van der Waals surface area contributed by atoms with Crippen LogP contribution in [0.4, 0.5) is 5.69 Å². The molecule has 0 unspecified atom stereocenters. The molecule has 1 saturated heterocycles. The highest BCUT2D eigenvalue weighted by molar-refractivity contribution is 9.10. The summed E-state index contributed by atoms with van der Waals surface area (Å²) < 4.78 is 33.7. The van der Waals surface area contributed by atoms with E-state index in [1.807, 2.05) is 31.2 Å². The molecule has 1 heterocycles. The van der Waals surface area contributed by atoms with Gasteiger partial charge in [0, 0.05) is 30.7 Å². The summed E-state index contributed by atoms with van der Waals surface area (Å²) in [7, 11) is -3.45. The van der Waals surface area contributed by atoms with E-state index in [0.29, 0.717) is 37.7 Å². The number of para-hydroxylation sites is 2. The normalized spacial score (nSPS) is 16.0. The second-order valence-corrected chi connectivity index (χ2v) is 8.60. The molecular formula is C18H21BrN2O3S. The van der Waals surface area contributed by atoms with Gasteiger partial charge in [0.2, 0.25) is 10.0 Å². The van der Waals surface area contributed by atoms with E-state index in [9.17, 15) is 8.42 Å². The van der Waals surface area contributed by atoms with Crippen LogP contribution >= 0.6 is 15.9 Å². The quantitative estimate of drug-likeness (QED) is 0.738. The van der Waals surface area contributed by atoms with Gasteiger partial charge in [-0.1, -0.05) is 28.1 Å². The molecule has 1 aliphatic heterocycles. The van der Waals surface area contributed by atoms with Crippen molar-refractivity contribution < 1.29 is 13.2 Å². The summed E-state index contributed by atoms with van der Waals surface area (Å²) in [6.07, 6.45) is 0. The minimum Gasteiger partial charge on any atom is -0.492 e. The highest BCUT2D eigenvalue weighted by Gasteiger charge is 2.29. The number of piperazine rings is 1. The number of hydrogen-bond donors (Lipinski definition) is 0. The van der Waals surface area contributed by atoms with Crippen molar-refractivity contribution >= 4 is 31.6 Å². The number of sulfonamides is 1. The van der Waals surface area contributed by atoms with Crippen LogP contribution in [0.15, 0.2) is 57.9 Å². The average molecular weight is 425 g/mol. The first-order chi connectivity index (χ1) is 12.0. The number of nitrogens with zero attached hydrogens (tertiary/aromatic N) is 2. The zero-order chi connectivity index (χ0) is 17.9. The summed E-state index contributed by atoms with van der Waals surface area (Å²) in [4.78, 5) is 2.51. The summed E-state index contributed by atoms with van der Waals surface area (Å²) >= 11 is 3.33. The van der Waals surface area contributed by atoms with Crippen LogP contribution in [0.2, 0.25) is 0 Å². The molecule has 0 aliphatic carbocycles. The smallest absolute Gasteiger partial charge is 0.243 e. The molecule has 0 bridgehead atoms. The zero-order valence-electron chi connectivity index (χ0n) is 14.1. The van der Waals surface area contributed by atoms with Crippen molar-refractivity contribution in [2.75, 3.05) is 37.7 Å². The third kappa shape index (κ3) is 3.99. The molecule has 0 aromatic heterocycles. The first-order valence-corrected chi connectivity index (χ1v) is 10.5. The van der Waals surface area contributed by atoms with Crippen molar-refractivity contribution in [2.24, 2.45) is 0 Å². The monoisotopic (exact) mass is 424 g/mol. The molecule has 1 fully saturated rings. The number of rotatable bonds is 5. The Kier molecular flexibility index (Phi) is 5.66. The van der Waals surface area contributed by atoms with E-state index in [-0.39, 0.29) is 0 Å². The molecule has 0 amide bonds. The molecule has 2 aromatic carbocycles. The van der Waals surface area contributed by atoms with Crippen LogP contribution in [0.1, 0.15) is 6.92 Å². The maximum Gasteiger partial charge on any atom is 0.243 e. The summed E-state index contributed by atoms with van der Waals surface area (Å²) in [5, 5.41) is 0. The van der Waals surface area contributed by atoms with Crippen molar-refractivity contribution in [1.29, 1.82) is 0 Å². The largest absolute Gasteiger partial charge is 0.492 e. The molecule has 25 heavy (non-hydrogen) atoms. The molecule has 0 N–H and O–H groups in total. The van der Waals surface area contributed by atoms with Gasteiger partial charge in [-0.05, 0) is 43.3 Å². The molecule has 0 spiro atoms. The molecular weight excluding hydrogens is 404 g/mol. The Balaban J connectivity index is 1.73. The highest BCUT2D eigenvalue weighted by Crippen LogP contribution is 2.29. The maximum absolute atomic E-state index is 12.8. The van der Waals surface area contributed by atoms with Gasteiger partial charge in [-0.15, -0.1) is 0 Å². The van der Waals surface area contributed by atoms with Crippen LogP contribution in [-0.4, -0.2) is 45.5 Å². The van der Waals surface area contributed by atoms with Crippen molar-refractivity contribution in [2.45, 2.75) is 11.8 Å². The van der Waals surface area contributed by atoms with Gasteiger partial charge in [0.25, 0.3) is 0 Å². The minimum atomic E-state index is -3.45. The number of benzene rings is 2. The first kappa shape index (κ1) is 18.2. The molecule has 0 atom stereocenters. The number of halogens is 1. The fourth-order valence-electron chi connectivity index (χ4n) is 2.92. The van der Waals surface area contributed by atoms with Gasteiger partial charge >= 0.3 is 0 Å². The van der Waals surface area contributed by atoms with Crippen LogP contribution in [0.25, 0.3) is 0 Å². The minimum absolute atomic E-state index is 0.332. The Bertz CT molecular complexity index is 816.